The van der Waals surface area contributed by atoms with Crippen LogP contribution in [-0.2, 0) is 30.3 Å². The van der Waals surface area contributed by atoms with Crippen molar-refractivity contribution in [2.45, 2.75) is 64.6 Å². The van der Waals surface area contributed by atoms with Crippen molar-refractivity contribution in [3.63, 3.8) is 0 Å². The lowest BCUT2D eigenvalue weighted by Crippen LogP contribution is -2.59. The second-order valence-corrected chi connectivity index (χ2v) is 12.8. The molecule has 1 aromatic heterocycles. The van der Waals surface area contributed by atoms with Crippen LogP contribution in [-0.4, -0.2) is 145 Å². The van der Waals surface area contributed by atoms with E-state index in [1.807, 2.05) is 25.1 Å². The molecule has 0 spiro atoms. The second kappa shape index (κ2) is 18.9. The van der Waals surface area contributed by atoms with Gasteiger partial charge in [0.05, 0.1) is 46.2 Å². The van der Waals surface area contributed by atoms with E-state index < -0.39 is 24.1 Å². The summed E-state index contributed by atoms with van der Waals surface area (Å²) in [6.45, 7) is 8.32. The van der Waals surface area contributed by atoms with Crippen LogP contribution in [0.5, 0.6) is 0 Å². The number of fused-ring (bicyclic) bond motifs is 1. The first-order chi connectivity index (χ1) is 23.6. The van der Waals surface area contributed by atoms with Gasteiger partial charge in [-0.05, 0) is 56.9 Å². The van der Waals surface area contributed by atoms with Gasteiger partial charge in [-0.1, -0.05) is 19.3 Å². The molecule has 0 radical (unpaired) electrons. The molecule has 2 fully saturated rings. The Kier molecular flexibility index (Phi) is 14.7. The molecule has 3 N–H and O–H groups in total. The average molecular weight is 688 g/mol. The largest absolute Gasteiger partial charge is 0.465 e. The highest BCUT2D eigenvalue weighted by Crippen LogP contribution is 2.28. The van der Waals surface area contributed by atoms with Crippen LogP contribution in [0.3, 0.4) is 0 Å². The average Bonchev–Trinajstić information content (AvgIpc) is 3.43. The third-order valence-corrected chi connectivity index (χ3v) is 9.62. The van der Waals surface area contributed by atoms with Crippen LogP contribution in [0.1, 0.15) is 55.1 Å². The zero-order chi connectivity index (χ0) is 35.3. The fraction of sp³-hybridized carbons (Fsp3) is 0.657. The molecule has 2 atom stereocenters. The molecule has 1 saturated heterocycles. The van der Waals surface area contributed by atoms with Gasteiger partial charge in [0.25, 0.3) is 5.91 Å². The summed E-state index contributed by atoms with van der Waals surface area (Å²) in [6, 6.07) is 6.12. The summed E-state index contributed by atoms with van der Waals surface area (Å²) in [5, 5.41) is 21.9. The summed E-state index contributed by atoms with van der Waals surface area (Å²) >= 11 is 0. The van der Waals surface area contributed by atoms with Crippen molar-refractivity contribution in [2.24, 2.45) is 5.92 Å². The number of benzene rings is 1. The van der Waals surface area contributed by atoms with Gasteiger partial charge in [0.15, 0.2) is 0 Å². The fourth-order valence-electron chi connectivity index (χ4n) is 6.57. The Morgan fingerprint density at radius 3 is 2.14 bits per heavy atom. The molecule has 0 bridgehead atoms. The van der Waals surface area contributed by atoms with Crippen molar-refractivity contribution < 1.29 is 43.6 Å². The van der Waals surface area contributed by atoms with E-state index in [0.717, 1.165) is 53.6 Å². The summed E-state index contributed by atoms with van der Waals surface area (Å²) in [5.74, 6) is -0.760. The van der Waals surface area contributed by atoms with Crippen LogP contribution >= 0.6 is 0 Å². The van der Waals surface area contributed by atoms with Crippen LogP contribution in [0, 0.1) is 12.8 Å². The smallest absolute Gasteiger partial charge is 0.407 e. The third-order valence-electron chi connectivity index (χ3n) is 9.62. The van der Waals surface area contributed by atoms with Gasteiger partial charge in [-0.3, -0.25) is 19.3 Å². The Morgan fingerprint density at radius 1 is 0.898 bits per heavy atom. The van der Waals surface area contributed by atoms with Crippen molar-refractivity contribution >= 4 is 34.7 Å². The van der Waals surface area contributed by atoms with Crippen molar-refractivity contribution in [1.82, 2.24) is 24.6 Å². The van der Waals surface area contributed by atoms with E-state index in [9.17, 15) is 24.3 Å². The van der Waals surface area contributed by atoms with Gasteiger partial charge < -0.3 is 44.1 Å². The number of nitrogens with one attached hydrogen (secondary N) is 1. The van der Waals surface area contributed by atoms with E-state index in [1.54, 1.807) is 9.80 Å². The van der Waals surface area contributed by atoms with Crippen molar-refractivity contribution in [2.75, 3.05) is 79.5 Å². The Labute approximate surface area is 288 Å². The Morgan fingerprint density at radius 2 is 1.51 bits per heavy atom. The molecular weight excluding hydrogens is 634 g/mol. The minimum Gasteiger partial charge on any atom is -0.465 e. The van der Waals surface area contributed by atoms with Gasteiger partial charge in [-0.15, -0.1) is 0 Å². The van der Waals surface area contributed by atoms with Gasteiger partial charge in [-0.2, -0.15) is 0 Å². The molecule has 14 nitrogen and oxygen atoms in total. The predicted molar refractivity (Wildman–Crippen MR) is 182 cm³/mol. The lowest BCUT2D eigenvalue weighted by Gasteiger charge is -2.39. The first-order valence-corrected chi connectivity index (χ1v) is 17.4. The molecule has 2 aliphatic rings. The summed E-state index contributed by atoms with van der Waals surface area (Å²) in [7, 11) is 1.34. The number of nitrogens with zero attached hydrogens (tertiary/aromatic N) is 4. The van der Waals surface area contributed by atoms with Gasteiger partial charge in [0.2, 0.25) is 11.8 Å². The number of amides is 4. The molecule has 2 heterocycles. The summed E-state index contributed by atoms with van der Waals surface area (Å²) < 4.78 is 18.5. The maximum Gasteiger partial charge on any atom is 0.407 e. The van der Waals surface area contributed by atoms with E-state index in [2.05, 4.69) is 16.0 Å². The Hall–Kier alpha value is -3.72. The number of aromatic nitrogens is 1. The number of ether oxygens (including phenoxy) is 3. The lowest BCUT2D eigenvalue weighted by molar-refractivity contribution is -0.140. The Balaban J connectivity index is 1.29. The maximum absolute atomic E-state index is 13.8. The van der Waals surface area contributed by atoms with E-state index in [1.165, 1.54) is 14.0 Å². The summed E-state index contributed by atoms with van der Waals surface area (Å²) in [4.78, 5) is 56.2. The molecule has 272 valence electrons. The number of carboxylic acid groups (broad SMARTS) is 1. The molecule has 2 aromatic rings. The van der Waals surface area contributed by atoms with Crippen LogP contribution in [0.2, 0.25) is 0 Å². The molecule has 4 rings (SSSR count). The van der Waals surface area contributed by atoms with Crippen molar-refractivity contribution in [3.05, 3.63) is 35.5 Å². The predicted octanol–water partition coefficient (Wildman–Crippen LogP) is 2.34. The van der Waals surface area contributed by atoms with Crippen LogP contribution in [0.15, 0.2) is 24.3 Å². The maximum atomic E-state index is 13.8. The van der Waals surface area contributed by atoms with E-state index in [4.69, 9.17) is 19.3 Å². The highest BCUT2D eigenvalue weighted by atomic mass is 16.5. The molecule has 14 heteroatoms. The number of aliphatic hydroxyl groups is 1. The summed E-state index contributed by atoms with van der Waals surface area (Å²) in [6.07, 6.45) is 3.50. The number of aliphatic hydroxyl groups excluding tert-OH is 1. The number of rotatable bonds is 17. The van der Waals surface area contributed by atoms with Gasteiger partial charge >= 0.3 is 6.09 Å². The molecule has 1 aliphatic heterocycles. The molecule has 49 heavy (non-hydrogen) atoms. The van der Waals surface area contributed by atoms with Gasteiger partial charge in [0, 0.05) is 61.9 Å². The number of carbonyl (C=O) groups excluding carboxylic acids is 3. The van der Waals surface area contributed by atoms with Crippen LogP contribution in [0.4, 0.5) is 4.79 Å². The van der Waals surface area contributed by atoms with Gasteiger partial charge in [-0.25, -0.2) is 4.79 Å². The number of hydrogen-bond acceptors (Lipinski definition) is 8. The molecule has 1 aromatic carbocycles. The first kappa shape index (κ1) is 38.1. The highest BCUT2D eigenvalue weighted by Gasteiger charge is 2.37. The molecule has 2 unspecified atom stereocenters. The van der Waals surface area contributed by atoms with Gasteiger partial charge in [0.1, 0.15) is 12.1 Å². The minimum atomic E-state index is -1.21. The van der Waals surface area contributed by atoms with Crippen LogP contribution in [0.25, 0.3) is 10.9 Å². The fourth-order valence-corrected chi connectivity index (χ4v) is 6.57. The second-order valence-electron chi connectivity index (χ2n) is 12.8. The molecular formula is C35H53N5O9. The monoisotopic (exact) mass is 687 g/mol. The number of aryl methyl sites for hydroxylation is 1. The highest BCUT2D eigenvalue weighted by molar-refractivity contribution is 5.98. The first-order valence-electron chi connectivity index (χ1n) is 17.4. The quantitative estimate of drug-likeness (QED) is 0.212. The number of likely N-dealkylation sites (N-methyl/N-ethyl adjacent to an activating group) is 1. The van der Waals surface area contributed by atoms with Crippen LogP contribution < -0.4 is 5.32 Å². The molecule has 4 amide bonds. The standard InChI is InChI=1S/C35H53N5O9/c1-25-23-29-24-28(9-10-30(29)40(25)15-17-47-19-21-49-22-20-48-18-16-41)33(43)38-11-13-39(14-12-38)34(44)31(27-7-5-4-6-8-27)36-32(42)26(2)37(3)35(45)46/h9-10,23-24,26-27,31,41H,4-8,11-22H2,1-3H3,(H,36,42)(H,45,46). The zero-order valence-corrected chi connectivity index (χ0v) is 29.1. The van der Waals surface area contributed by atoms with Crippen molar-refractivity contribution in [3.8, 4) is 0 Å². The summed E-state index contributed by atoms with van der Waals surface area (Å²) in [5.41, 5.74) is 2.67. The Bertz CT molecular complexity index is 1400. The molecule has 1 saturated carbocycles. The molecule has 1 aliphatic carbocycles. The SMILES string of the molecule is Cc1cc2cc(C(=O)N3CCN(C(=O)C(NC(=O)C(C)N(C)C(=O)O)C4CCCCC4)CC3)ccc2n1CCOCCOCCOCCO. The lowest BCUT2D eigenvalue weighted by atomic mass is 9.83. The van der Waals surface area contributed by atoms with E-state index in [-0.39, 0.29) is 24.3 Å². The number of carbonyl (C=O) groups is 4. The third kappa shape index (κ3) is 10.4. The van der Waals surface area contributed by atoms with Crippen molar-refractivity contribution in [1.29, 1.82) is 0 Å². The minimum absolute atomic E-state index is 0.000884. The normalized spacial score (nSPS) is 16.8. The van der Waals surface area contributed by atoms with E-state index >= 15 is 0 Å². The zero-order valence-electron chi connectivity index (χ0n) is 29.1. The number of piperazine rings is 1. The van der Waals surface area contributed by atoms with E-state index in [0.29, 0.717) is 77.9 Å². The number of hydrogen-bond donors (Lipinski definition) is 3. The topological polar surface area (TPSA) is 163 Å².